The Labute approximate surface area is 183 Å². The number of aryl methyl sites for hydroxylation is 3. The third kappa shape index (κ3) is 6.33. The number of ether oxygens (including phenoxy) is 1. The maximum absolute atomic E-state index is 12.6. The van der Waals surface area contributed by atoms with E-state index in [1.165, 1.54) is 24.3 Å². The van der Waals surface area contributed by atoms with Gasteiger partial charge in [-0.2, -0.15) is 0 Å². The molecule has 0 heterocycles. The SMILES string of the molecule is Cc1ccc(CNC(=O)COc2ccc(S(=O)(=O)Nc3ccc(C)c(C)c3)cc2)cc1. The van der Waals surface area contributed by atoms with Crippen molar-refractivity contribution in [3.63, 3.8) is 0 Å². The summed E-state index contributed by atoms with van der Waals surface area (Å²) in [7, 11) is -3.72. The number of hydrogen-bond donors (Lipinski definition) is 2. The molecule has 1 amide bonds. The number of carbonyl (C=O) groups is 1. The summed E-state index contributed by atoms with van der Waals surface area (Å²) in [5.41, 5.74) is 4.77. The topological polar surface area (TPSA) is 84.5 Å². The fourth-order valence-electron chi connectivity index (χ4n) is 2.84. The lowest BCUT2D eigenvalue weighted by Crippen LogP contribution is -2.28. The van der Waals surface area contributed by atoms with Gasteiger partial charge in [0.15, 0.2) is 6.61 Å². The molecule has 0 aliphatic carbocycles. The third-order valence-corrected chi connectivity index (χ3v) is 6.27. The van der Waals surface area contributed by atoms with Gasteiger partial charge in [-0.05, 0) is 73.9 Å². The summed E-state index contributed by atoms with van der Waals surface area (Å²) in [5, 5.41) is 2.79. The molecule has 0 aliphatic heterocycles. The van der Waals surface area contributed by atoms with Crippen LogP contribution in [0.15, 0.2) is 71.6 Å². The van der Waals surface area contributed by atoms with Gasteiger partial charge in [0.05, 0.1) is 4.90 Å². The van der Waals surface area contributed by atoms with E-state index >= 15 is 0 Å². The summed E-state index contributed by atoms with van der Waals surface area (Å²) in [6.45, 7) is 6.17. The van der Waals surface area contributed by atoms with Crippen molar-refractivity contribution in [1.82, 2.24) is 5.32 Å². The van der Waals surface area contributed by atoms with Crippen molar-refractivity contribution in [1.29, 1.82) is 0 Å². The van der Waals surface area contributed by atoms with Gasteiger partial charge in [-0.15, -0.1) is 0 Å². The highest BCUT2D eigenvalue weighted by molar-refractivity contribution is 7.92. The van der Waals surface area contributed by atoms with E-state index in [-0.39, 0.29) is 17.4 Å². The van der Waals surface area contributed by atoms with Crippen LogP contribution in [0.1, 0.15) is 22.3 Å². The summed E-state index contributed by atoms with van der Waals surface area (Å²) >= 11 is 0. The van der Waals surface area contributed by atoms with E-state index in [0.29, 0.717) is 18.0 Å². The number of amides is 1. The van der Waals surface area contributed by atoms with Crippen LogP contribution in [0, 0.1) is 20.8 Å². The van der Waals surface area contributed by atoms with Crippen molar-refractivity contribution in [3.05, 3.63) is 89.0 Å². The number of sulfonamides is 1. The lowest BCUT2D eigenvalue weighted by molar-refractivity contribution is -0.123. The molecule has 0 radical (unpaired) electrons. The van der Waals surface area contributed by atoms with Crippen LogP contribution in [0.5, 0.6) is 5.75 Å². The minimum Gasteiger partial charge on any atom is -0.484 e. The number of carbonyl (C=O) groups excluding carboxylic acids is 1. The van der Waals surface area contributed by atoms with Crippen LogP contribution in [0.4, 0.5) is 5.69 Å². The van der Waals surface area contributed by atoms with Gasteiger partial charge in [0, 0.05) is 12.2 Å². The number of anilines is 1. The highest BCUT2D eigenvalue weighted by atomic mass is 32.2. The zero-order valence-corrected chi connectivity index (χ0v) is 18.6. The van der Waals surface area contributed by atoms with E-state index in [2.05, 4.69) is 10.0 Å². The molecule has 2 N–H and O–H groups in total. The van der Waals surface area contributed by atoms with Gasteiger partial charge in [0.25, 0.3) is 15.9 Å². The maximum atomic E-state index is 12.6. The molecule has 0 aromatic heterocycles. The Morgan fingerprint density at radius 2 is 1.55 bits per heavy atom. The fraction of sp³-hybridized carbons (Fsp3) is 0.208. The van der Waals surface area contributed by atoms with Crippen molar-refractivity contribution in [2.24, 2.45) is 0 Å². The molecule has 31 heavy (non-hydrogen) atoms. The van der Waals surface area contributed by atoms with E-state index in [1.807, 2.05) is 51.1 Å². The van der Waals surface area contributed by atoms with Gasteiger partial charge in [-0.3, -0.25) is 9.52 Å². The van der Waals surface area contributed by atoms with E-state index in [9.17, 15) is 13.2 Å². The Balaban J connectivity index is 1.53. The minimum absolute atomic E-state index is 0.113. The first-order valence-electron chi connectivity index (χ1n) is 9.88. The molecule has 0 saturated carbocycles. The van der Waals surface area contributed by atoms with E-state index in [0.717, 1.165) is 22.3 Å². The van der Waals surface area contributed by atoms with Crippen LogP contribution in [0.25, 0.3) is 0 Å². The molecule has 0 spiro atoms. The molecule has 3 aromatic carbocycles. The Morgan fingerprint density at radius 3 is 2.19 bits per heavy atom. The molecule has 162 valence electrons. The summed E-state index contributed by atoms with van der Waals surface area (Å²) in [6, 6.07) is 19.2. The highest BCUT2D eigenvalue weighted by Gasteiger charge is 2.15. The Morgan fingerprint density at radius 1 is 0.871 bits per heavy atom. The number of nitrogens with one attached hydrogen (secondary N) is 2. The van der Waals surface area contributed by atoms with Crippen LogP contribution in [0.3, 0.4) is 0 Å². The van der Waals surface area contributed by atoms with Crippen molar-refractivity contribution in [2.45, 2.75) is 32.2 Å². The first-order valence-corrected chi connectivity index (χ1v) is 11.4. The van der Waals surface area contributed by atoms with Gasteiger partial charge in [0.2, 0.25) is 0 Å². The van der Waals surface area contributed by atoms with Crippen LogP contribution < -0.4 is 14.8 Å². The lowest BCUT2D eigenvalue weighted by atomic mass is 10.1. The molecule has 6 nitrogen and oxygen atoms in total. The van der Waals surface area contributed by atoms with Gasteiger partial charge < -0.3 is 10.1 Å². The summed E-state index contributed by atoms with van der Waals surface area (Å²) in [4.78, 5) is 12.1. The van der Waals surface area contributed by atoms with Crippen LogP contribution in [-0.2, 0) is 21.4 Å². The molecular formula is C24H26N2O4S. The second-order valence-electron chi connectivity index (χ2n) is 7.43. The van der Waals surface area contributed by atoms with Crippen molar-refractivity contribution < 1.29 is 17.9 Å². The average molecular weight is 439 g/mol. The first kappa shape index (κ1) is 22.4. The standard InChI is InChI=1S/C24H26N2O4S/c1-17-4-7-20(8-5-17)15-25-24(27)16-30-22-10-12-23(13-11-22)31(28,29)26-21-9-6-18(2)19(3)14-21/h4-14,26H,15-16H2,1-3H3,(H,25,27). The summed E-state index contributed by atoms with van der Waals surface area (Å²) in [5.74, 6) is 0.157. The van der Waals surface area contributed by atoms with Crippen LogP contribution in [0.2, 0.25) is 0 Å². The summed E-state index contributed by atoms with van der Waals surface area (Å²) in [6.07, 6.45) is 0. The number of hydrogen-bond acceptors (Lipinski definition) is 4. The van der Waals surface area contributed by atoms with Crippen molar-refractivity contribution in [3.8, 4) is 5.75 Å². The normalized spacial score (nSPS) is 11.1. The number of benzene rings is 3. The average Bonchev–Trinajstić information content (AvgIpc) is 2.74. The minimum atomic E-state index is -3.72. The number of rotatable bonds is 8. The zero-order valence-electron chi connectivity index (χ0n) is 17.8. The molecule has 0 bridgehead atoms. The molecule has 0 unspecified atom stereocenters. The quantitative estimate of drug-likeness (QED) is 0.554. The zero-order chi connectivity index (χ0) is 22.4. The monoisotopic (exact) mass is 438 g/mol. The molecule has 3 aromatic rings. The second-order valence-corrected chi connectivity index (χ2v) is 9.11. The first-order chi connectivity index (χ1) is 14.7. The smallest absolute Gasteiger partial charge is 0.261 e. The highest BCUT2D eigenvalue weighted by Crippen LogP contribution is 2.21. The van der Waals surface area contributed by atoms with E-state index in [1.54, 1.807) is 12.1 Å². The summed E-state index contributed by atoms with van der Waals surface area (Å²) < 4.78 is 33.2. The molecular weight excluding hydrogens is 412 g/mol. The predicted octanol–water partition coefficient (Wildman–Crippen LogP) is 4.11. The fourth-order valence-corrected chi connectivity index (χ4v) is 3.89. The second kappa shape index (κ2) is 9.66. The Kier molecular flexibility index (Phi) is 6.97. The van der Waals surface area contributed by atoms with Gasteiger partial charge in [-0.1, -0.05) is 35.9 Å². The van der Waals surface area contributed by atoms with Crippen LogP contribution >= 0.6 is 0 Å². The molecule has 7 heteroatoms. The molecule has 0 aliphatic rings. The largest absolute Gasteiger partial charge is 0.484 e. The molecule has 0 fully saturated rings. The van der Waals surface area contributed by atoms with E-state index in [4.69, 9.17) is 4.74 Å². The van der Waals surface area contributed by atoms with E-state index < -0.39 is 10.0 Å². The predicted molar refractivity (Wildman–Crippen MR) is 122 cm³/mol. The Hall–Kier alpha value is -3.32. The maximum Gasteiger partial charge on any atom is 0.261 e. The van der Waals surface area contributed by atoms with Crippen molar-refractivity contribution >= 4 is 21.6 Å². The van der Waals surface area contributed by atoms with Gasteiger partial charge in [-0.25, -0.2) is 8.42 Å². The molecule has 0 saturated heterocycles. The third-order valence-electron chi connectivity index (χ3n) is 4.87. The molecule has 0 atom stereocenters. The lowest BCUT2D eigenvalue weighted by Gasteiger charge is -2.11. The van der Waals surface area contributed by atoms with Crippen molar-refractivity contribution in [2.75, 3.05) is 11.3 Å². The Bertz CT molecular complexity index is 1160. The van der Waals surface area contributed by atoms with Gasteiger partial charge >= 0.3 is 0 Å². The van der Waals surface area contributed by atoms with Gasteiger partial charge in [0.1, 0.15) is 5.75 Å². The van der Waals surface area contributed by atoms with Crippen LogP contribution in [-0.4, -0.2) is 20.9 Å². The molecule has 3 rings (SSSR count).